The summed E-state index contributed by atoms with van der Waals surface area (Å²) in [5, 5.41) is 15.0. The number of hydrogen-bond donors (Lipinski definition) is 2. The molecule has 0 saturated carbocycles. The number of rotatable bonds is 7. The third-order valence-electron chi connectivity index (χ3n) is 4.18. The lowest BCUT2D eigenvalue weighted by atomic mass is 10.0. The summed E-state index contributed by atoms with van der Waals surface area (Å²) in [5.41, 5.74) is 2.08. The van der Waals surface area contributed by atoms with Crippen molar-refractivity contribution in [2.24, 2.45) is 0 Å². The van der Waals surface area contributed by atoms with Gasteiger partial charge in [-0.2, -0.15) is 0 Å². The summed E-state index contributed by atoms with van der Waals surface area (Å²) < 4.78 is 5.54. The zero-order valence-electron chi connectivity index (χ0n) is 15.2. The van der Waals surface area contributed by atoms with Gasteiger partial charge in [0, 0.05) is 29.1 Å². The van der Waals surface area contributed by atoms with E-state index in [2.05, 4.69) is 10.3 Å². The molecular weight excluding hydrogens is 344 g/mol. The van der Waals surface area contributed by atoms with Crippen LogP contribution in [0.25, 0.3) is 10.9 Å². The normalized spacial score (nSPS) is 12.1. The predicted molar refractivity (Wildman–Crippen MR) is 100 cm³/mol. The molecule has 0 radical (unpaired) electrons. The number of amides is 1. The van der Waals surface area contributed by atoms with E-state index in [9.17, 15) is 14.7 Å². The fourth-order valence-corrected chi connectivity index (χ4v) is 2.91. The van der Waals surface area contributed by atoms with Crippen molar-refractivity contribution in [3.63, 3.8) is 0 Å². The van der Waals surface area contributed by atoms with E-state index in [0.29, 0.717) is 11.3 Å². The summed E-state index contributed by atoms with van der Waals surface area (Å²) in [7, 11) is 0. The van der Waals surface area contributed by atoms with E-state index in [1.165, 1.54) is 0 Å². The minimum absolute atomic E-state index is 0.0308. The quantitative estimate of drug-likeness (QED) is 0.670. The molecule has 27 heavy (non-hydrogen) atoms. The predicted octanol–water partition coefficient (Wildman–Crippen LogP) is 2.05. The van der Waals surface area contributed by atoms with Crippen LogP contribution in [0.3, 0.4) is 0 Å². The van der Waals surface area contributed by atoms with E-state index in [4.69, 9.17) is 4.74 Å². The molecule has 140 valence electrons. The highest BCUT2D eigenvalue weighted by Gasteiger charge is 2.17. The number of aromatic amines is 1. The Labute approximate surface area is 157 Å². The Kier molecular flexibility index (Phi) is 5.45. The van der Waals surface area contributed by atoms with Gasteiger partial charge in [-0.3, -0.25) is 4.79 Å². The standard InChI is InChI=1S/C21H22N2O4/c1-13(2)27-16-9-7-14(8-10-16)20(24)23-19(21(25)26)11-15-12-22-18-6-4-3-5-17(15)18/h3-10,12-13,19,22H,11H2,1-2H3,(H,23,24)(H,25,26)/p-1/t19-/m1/s1. The zero-order valence-corrected chi connectivity index (χ0v) is 15.2. The number of hydrogen-bond acceptors (Lipinski definition) is 4. The fraction of sp³-hybridized carbons (Fsp3) is 0.238. The van der Waals surface area contributed by atoms with Gasteiger partial charge in [0.1, 0.15) is 5.75 Å². The Hall–Kier alpha value is -3.28. The summed E-state index contributed by atoms with van der Waals surface area (Å²) in [6.07, 6.45) is 1.92. The van der Waals surface area contributed by atoms with Gasteiger partial charge in [0.25, 0.3) is 5.91 Å². The second-order valence-electron chi connectivity index (χ2n) is 6.60. The van der Waals surface area contributed by atoms with Crippen LogP contribution in [0.5, 0.6) is 5.75 Å². The third kappa shape index (κ3) is 4.47. The highest BCUT2D eigenvalue weighted by atomic mass is 16.5. The molecule has 2 aromatic carbocycles. The van der Waals surface area contributed by atoms with E-state index >= 15 is 0 Å². The van der Waals surface area contributed by atoms with Crippen LogP contribution >= 0.6 is 0 Å². The van der Waals surface area contributed by atoms with Gasteiger partial charge in [-0.25, -0.2) is 0 Å². The van der Waals surface area contributed by atoms with Crippen molar-refractivity contribution in [2.45, 2.75) is 32.4 Å². The van der Waals surface area contributed by atoms with Crippen molar-refractivity contribution in [1.29, 1.82) is 0 Å². The van der Waals surface area contributed by atoms with Gasteiger partial charge in [-0.1, -0.05) is 18.2 Å². The number of carboxylic acid groups (broad SMARTS) is 1. The summed E-state index contributed by atoms with van der Waals surface area (Å²) in [5.74, 6) is -1.15. The van der Waals surface area contributed by atoms with Gasteiger partial charge in [-0.05, 0) is 49.7 Å². The lowest BCUT2D eigenvalue weighted by Crippen LogP contribution is -2.49. The van der Waals surface area contributed by atoms with Crippen molar-refractivity contribution < 1.29 is 19.4 Å². The molecule has 0 unspecified atom stereocenters. The van der Waals surface area contributed by atoms with Crippen molar-refractivity contribution in [3.05, 3.63) is 65.9 Å². The average Bonchev–Trinajstić information content (AvgIpc) is 3.04. The first kappa shape index (κ1) is 18.5. The van der Waals surface area contributed by atoms with E-state index in [-0.39, 0.29) is 12.5 Å². The van der Waals surface area contributed by atoms with Crippen LogP contribution in [0.15, 0.2) is 54.7 Å². The van der Waals surface area contributed by atoms with Gasteiger partial charge < -0.3 is 24.9 Å². The molecular formula is C21H21N2O4-. The number of carboxylic acids is 1. The summed E-state index contributed by atoms with van der Waals surface area (Å²) in [4.78, 5) is 27.1. The number of ether oxygens (including phenoxy) is 1. The molecule has 3 aromatic rings. The average molecular weight is 365 g/mol. The molecule has 1 amide bonds. The topological polar surface area (TPSA) is 94.2 Å². The molecule has 1 aromatic heterocycles. The first-order valence-electron chi connectivity index (χ1n) is 8.77. The first-order chi connectivity index (χ1) is 12.9. The second-order valence-corrected chi connectivity index (χ2v) is 6.60. The minimum Gasteiger partial charge on any atom is -0.548 e. The fourth-order valence-electron chi connectivity index (χ4n) is 2.91. The third-order valence-corrected chi connectivity index (χ3v) is 4.18. The van der Waals surface area contributed by atoms with Crippen LogP contribution in [0.2, 0.25) is 0 Å². The molecule has 0 aliphatic heterocycles. The molecule has 0 saturated heterocycles. The van der Waals surface area contributed by atoms with Gasteiger partial charge in [0.05, 0.1) is 18.1 Å². The van der Waals surface area contributed by atoms with Crippen LogP contribution < -0.4 is 15.2 Å². The molecule has 2 N–H and O–H groups in total. The summed E-state index contributed by atoms with van der Waals surface area (Å²) >= 11 is 0. The molecule has 0 bridgehead atoms. The number of fused-ring (bicyclic) bond motifs is 1. The Morgan fingerprint density at radius 2 is 1.81 bits per heavy atom. The zero-order chi connectivity index (χ0) is 19.4. The molecule has 0 fully saturated rings. The SMILES string of the molecule is CC(C)Oc1ccc(C(=O)N[C@H](Cc2c[nH]c3ccccc23)C(=O)[O-])cc1. The van der Waals surface area contributed by atoms with E-state index < -0.39 is 17.9 Å². The monoisotopic (exact) mass is 365 g/mol. The maximum atomic E-state index is 12.4. The number of aliphatic carboxylic acids is 1. The van der Waals surface area contributed by atoms with Crippen LogP contribution in [-0.4, -0.2) is 29.0 Å². The van der Waals surface area contributed by atoms with Gasteiger partial charge in [0.2, 0.25) is 0 Å². The number of para-hydroxylation sites is 1. The van der Waals surface area contributed by atoms with Crippen molar-refractivity contribution in [2.75, 3.05) is 0 Å². The highest BCUT2D eigenvalue weighted by Crippen LogP contribution is 2.19. The van der Waals surface area contributed by atoms with Gasteiger partial charge in [0.15, 0.2) is 0 Å². The largest absolute Gasteiger partial charge is 0.548 e. The molecule has 6 heteroatoms. The Balaban J connectivity index is 1.72. The summed E-state index contributed by atoms with van der Waals surface area (Å²) in [6, 6.07) is 13.0. The first-order valence-corrected chi connectivity index (χ1v) is 8.77. The highest BCUT2D eigenvalue weighted by molar-refractivity contribution is 5.96. The van der Waals surface area contributed by atoms with E-state index in [1.54, 1.807) is 30.5 Å². The molecule has 0 aliphatic rings. The van der Waals surface area contributed by atoms with E-state index in [1.807, 2.05) is 38.1 Å². The van der Waals surface area contributed by atoms with Crippen LogP contribution in [-0.2, 0) is 11.2 Å². The van der Waals surface area contributed by atoms with Crippen LogP contribution in [0.4, 0.5) is 0 Å². The van der Waals surface area contributed by atoms with Crippen LogP contribution in [0.1, 0.15) is 29.8 Å². The Morgan fingerprint density at radius 3 is 2.48 bits per heavy atom. The van der Waals surface area contributed by atoms with Gasteiger partial charge in [-0.15, -0.1) is 0 Å². The van der Waals surface area contributed by atoms with E-state index in [0.717, 1.165) is 16.5 Å². The Morgan fingerprint density at radius 1 is 1.11 bits per heavy atom. The smallest absolute Gasteiger partial charge is 0.251 e. The number of aromatic nitrogens is 1. The summed E-state index contributed by atoms with van der Waals surface area (Å²) in [6.45, 7) is 3.82. The molecule has 6 nitrogen and oxygen atoms in total. The number of carbonyl (C=O) groups is 2. The molecule has 0 spiro atoms. The molecule has 0 aliphatic carbocycles. The molecule has 1 heterocycles. The van der Waals surface area contributed by atoms with Crippen molar-refractivity contribution in [3.8, 4) is 5.75 Å². The van der Waals surface area contributed by atoms with Crippen molar-refractivity contribution >= 4 is 22.8 Å². The maximum Gasteiger partial charge on any atom is 0.251 e. The number of H-pyrrole nitrogens is 1. The lowest BCUT2D eigenvalue weighted by Gasteiger charge is -2.20. The number of benzene rings is 2. The van der Waals surface area contributed by atoms with Crippen molar-refractivity contribution in [1.82, 2.24) is 10.3 Å². The maximum absolute atomic E-state index is 12.4. The molecule has 3 rings (SSSR count). The number of carbonyl (C=O) groups excluding carboxylic acids is 2. The molecule has 1 atom stereocenters. The lowest BCUT2D eigenvalue weighted by molar-refractivity contribution is -0.308. The van der Waals surface area contributed by atoms with Crippen LogP contribution in [0, 0.1) is 0 Å². The minimum atomic E-state index is -1.33. The number of nitrogens with one attached hydrogen (secondary N) is 2. The second kappa shape index (κ2) is 7.95. The van der Waals surface area contributed by atoms with Gasteiger partial charge >= 0.3 is 0 Å². The Bertz CT molecular complexity index is 944.